The van der Waals surface area contributed by atoms with E-state index >= 15 is 8.78 Å². The molecule has 2 aromatic carbocycles. The Morgan fingerprint density at radius 3 is 2.39 bits per heavy atom. The second-order valence-electron chi connectivity index (χ2n) is 10.0. The van der Waals surface area contributed by atoms with E-state index in [1.54, 1.807) is 30.2 Å². The Morgan fingerprint density at radius 2 is 1.76 bits per heavy atom. The van der Waals surface area contributed by atoms with Crippen molar-refractivity contribution in [2.24, 2.45) is 0 Å². The van der Waals surface area contributed by atoms with Crippen LogP contribution in [0, 0.1) is 17.6 Å². The summed E-state index contributed by atoms with van der Waals surface area (Å²) in [4.78, 5) is 6.38. The number of anilines is 2. The van der Waals surface area contributed by atoms with Crippen LogP contribution in [-0.2, 0) is 21.3 Å². The second-order valence-corrected chi connectivity index (χ2v) is 11.8. The Morgan fingerprint density at radius 1 is 1.00 bits per heavy atom. The van der Waals surface area contributed by atoms with Crippen LogP contribution in [0.4, 0.5) is 24.7 Å². The van der Waals surface area contributed by atoms with E-state index in [1.807, 2.05) is 19.0 Å². The highest BCUT2D eigenvalue weighted by atomic mass is 32.2. The number of methoxy groups -OCH3 is 3. The van der Waals surface area contributed by atoms with Crippen LogP contribution in [0.5, 0.6) is 11.5 Å². The molecule has 0 saturated carbocycles. The minimum absolute atomic E-state index is 0.0774. The van der Waals surface area contributed by atoms with Crippen LogP contribution in [0.1, 0.15) is 12.0 Å². The van der Waals surface area contributed by atoms with Crippen molar-refractivity contribution < 1.29 is 35.8 Å². The first-order valence-corrected chi connectivity index (χ1v) is 14.2. The Balaban J connectivity index is 1.75. The van der Waals surface area contributed by atoms with Crippen LogP contribution in [-0.4, -0.2) is 79.0 Å². The van der Waals surface area contributed by atoms with Crippen molar-refractivity contribution in [1.82, 2.24) is 9.88 Å². The molecule has 222 valence electrons. The zero-order valence-electron chi connectivity index (χ0n) is 23.5. The molecular weight excluding hydrogens is 561 g/mol. The van der Waals surface area contributed by atoms with E-state index in [9.17, 15) is 12.8 Å². The van der Waals surface area contributed by atoms with Crippen LogP contribution in [0.3, 0.4) is 0 Å². The number of likely N-dealkylation sites (N-methyl/N-ethyl adjacent to an activating group) is 1. The van der Waals surface area contributed by atoms with Gasteiger partial charge >= 0.3 is 0 Å². The van der Waals surface area contributed by atoms with Crippen LogP contribution >= 0.6 is 0 Å². The summed E-state index contributed by atoms with van der Waals surface area (Å²) in [7, 11) is 3.42. The van der Waals surface area contributed by atoms with Crippen LogP contribution < -0.4 is 18.7 Å². The first-order valence-electron chi connectivity index (χ1n) is 12.7. The smallest absolute Gasteiger partial charge is 0.268 e. The van der Waals surface area contributed by atoms with Gasteiger partial charge in [0.15, 0.2) is 11.6 Å². The van der Waals surface area contributed by atoms with E-state index in [0.717, 1.165) is 12.1 Å². The molecule has 1 aromatic heterocycles. The molecule has 41 heavy (non-hydrogen) atoms. The topological polar surface area (TPSA) is 84.4 Å². The van der Waals surface area contributed by atoms with E-state index in [0.29, 0.717) is 41.7 Å². The van der Waals surface area contributed by atoms with Crippen molar-refractivity contribution in [2.75, 3.05) is 64.3 Å². The van der Waals surface area contributed by atoms with Gasteiger partial charge in [0.1, 0.15) is 22.2 Å². The van der Waals surface area contributed by atoms with Gasteiger partial charge in [0, 0.05) is 38.4 Å². The van der Waals surface area contributed by atoms with E-state index in [2.05, 4.69) is 4.98 Å². The zero-order chi connectivity index (χ0) is 29.9. The van der Waals surface area contributed by atoms with Crippen molar-refractivity contribution in [2.45, 2.75) is 23.5 Å². The normalized spacial score (nSPS) is 17.2. The molecule has 9 nitrogen and oxygen atoms in total. The quantitative estimate of drug-likeness (QED) is 0.308. The lowest BCUT2D eigenvalue weighted by Gasteiger charge is -2.31. The maximum absolute atomic E-state index is 15.7. The molecule has 0 aliphatic carbocycles. The van der Waals surface area contributed by atoms with Crippen molar-refractivity contribution in [3.8, 4) is 11.5 Å². The number of benzene rings is 2. The number of rotatable bonds is 11. The van der Waals surface area contributed by atoms with Gasteiger partial charge in [-0.3, -0.25) is 0 Å². The number of aromatic nitrogens is 1. The summed E-state index contributed by atoms with van der Waals surface area (Å²) in [5, 5.41) is 0. The molecule has 0 bridgehead atoms. The van der Waals surface area contributed by atoms with Crippen molar-refractivity contribution in [3.05, 3.63) is 71.7 Å². The molecule has 0 amide bonds. The van der Waals surface area contributed by atoms with E-state index in [1.165, 1.54) is 32.4 Å². The van der Waals surface area contributed by atoms with Gasteiger partial charge < -0.3 is 24.0 Å². The summed E-state index contributed by atoms with van der Waals surface area (Å²) < 4.78 is 90.1. The van der Waals surface area contributed by atoms with Crippen LogP contribution in [0.15, 0.2) is 53.4 Å². The molecular formula is C28H33F3N4O5S. The van der Waals surface area contributed by atoms with E-state index in [-0.39, 0.29) is 17.3 Å². The molecule has 3 aromatic rings. The molecule has 4 rings (SSSR count). The number of sulfonamides is 1. The minimum atomic E-state index is -4.79. The standard InChI is InChI=1S/C28H33F3N4O5S/c1-33(2)17-28(40-5)13-14-34(18-28)21-11-12-23(27(31)26(21)30)41(36,37)35(25-8-6-7-24(29)32-25)16-19-9-10-20(38-3)15-22(19)39-4/h6-12,15H,13-14,16-18H2,1-5H3/t28-/m1/s1. The lowest BCUT2D eigenvalue weighted by molar-refractivity contribution is -0.0100. The van der Waals surface area contributed by atoms with E-state index < -0.39 is 44.6 Å². The highest BCUT2D eigenvalue weighted by Crippen LogP contribution is 2.36. The SMILES string of the molecule is COc1ccc(CN(c2cccc(F)n2)S(=O)(=O)c2ccc(N3CC[C@](CN(C)C)(OC)C3)c(F)c2F)c(OC)c1. The number of hydrogen-bond acceptors (Lipinski definition) is 8. The summed E-state index contributed by atoms with van der Waals surface area (Å²) in [6, 6.07) is 10.5. The molecule has 1 aliphatic rings. The predicted octanol–water partition coefficient (Wildman–Crippen LogP) is 4.07. The Labute approximate surface area is 238 Å². The Kier molecular flexibility index (Phi) is 9.00. The fourth-order valence-electron chi connectivity index (χ4n) is 5.03. The first kappa shape index (κ1) is 30.4. The lowest BCUT2D eigenvalue weighted by atomic mass is 10.0. The third-order valence-corrected chi connectivity index (χ3v) is 8.82. The number of ether oxygens (including phenoxy) is 3. The Bertz CT molecular complexity index is 1510. The first-order chi connectivity index (χ1) is 19.4. The number of halogens is 3. The molecule has 0 unspecified atom stereocenters. The third-order valence-electron chi connectivity index (χ3n) is 7.05. The average molecular weight is 595 g/mol. The molecule has 0 N–H and O–H groups in total. The van der Waals surface area contributed by atoms with Gasteiger partial charge in [-0.05, 0) is 56.9 Å². The van der Waals surface area contributed by atoms with Crippen molar-refractivity contribution in [3.63, 3.8) is 0 Å². The van der Waals surface area contributed by atoms with Crippen molar-refractivity contribution in [1.29, 1.82) is 0 Å². The Hall–Kier alpha value is -3.55. The highest BCUT2D eigenvalue weighted by Gasteiger charge is 2.41. The van der Waals surface area contributed by atoms with Gasteiger partial charge in [-0.1, -0.05) is 6.07 Å². The molecule has 1 aliphatic heterocycles. The summed E-state index contributed by atoms with van der Waals surface area (Å²) in [5.74, 6) is -3.39. The van der Waals surface area contributed by atoms with Gasteiger partial charge in [-0.15, -0.1) is 0 Å². The molecule has 1 fully saturated rings. The second kappa shape index (κ2) is 12.1. The molecule has 2 heterocycles. The van der Waals surface area contributed by atoms with Gasteiger partial charge in [0.25, 0.3) is 10.0 Å². The largest absolute Gasteiger partial charge is 0.497 e. The van der Waals surface area contributed by atoms with Gasteiger partial charge in [0.2, 0.25) is 5.95 Å². The highest BCUT2D eigenvalue weighted by molar-refractivity contribution is 7.92. The number of nitrogens with zero attached hydrogens (tertiary/aromatic N) is 4. The fourth-order valence-corrected chi connectivity index (χ4v) is 6.48. The lowest BCUT2D eigenvalue weighted by Crippen LogP contribution is -2.44. The third kappa shape index (κ3) is 6.21. The zero-order valence-corrected chi connectivity index (χ0v) is 24.3. The molecule has 0 spiro atoms. The molecule has 1 saturated heterocycles. The fraction of sp³-hybridized carbons (Fsp3) is 0.393. The van der Waals surface area contributed by atoms with Crippen molar-refractivity contribution >= 4 is 21.5 Å². The summed E-state index contributed by atoms with van der Waals surface area (Å²) in [6.07, 6.45) is 0.575. The van der Waals surface area contributed by atoms with Gasteiger partial charge in [-0.25, -0.2) is 26.5 Å². The summed E-state index contributed by atoms with van der Waals surface area (Å²) in [6.45, 7) is 0.838. The minimum Gasteiger partial charge on any atom is -0.497 e. The summed E-state index contributed by atoms with van der Waals surface area (Å²) in [5.41, 5.74) is -0.310. The maximum Gasteiger partial charge on any atom is 0.268 e. The van der Waals surface area contributed by atoms with E-state index in [4.69, 9.17) is 14.2 Å². The monoisotopic (exact) mass is 594 g/mol. The molecule has 13 heteroatoms. The van der Waals surface area contributed by atoms with Crippen LogP contribution in [0.25, 0.3) is 0 Å². The summed E-state index contributed by atoms with van der Waals surface area (Å²) >= 11 is 0. The number of hydrogen-bond donors (Lipinski definition) is 0. The van der Waals surface area contributed by atoms with Gasteiger partial charge in [0.05, 0.1) is 32.1 Å². The van der Waals surface area contributed by atoms with Crippen LogP contribution in [0.2, 0.25) is 0 Å². The average Bonchev–Trinajstić information content (AvgIpc) is 3.36. The predicted molar refractivity (Wildman–Crippen MR) is 149 cm³/mol. The number of pyridine rings is 1. The molecule has 1 atom stereocenters. The van der Waals surface area contributed by atoms with Gasteiger partial charge in [-0.2, -0.15) is 4.39 Å². The maximum atomic E-state index is 15.7. The molecule has 0 radical (unpaired) electrons.